The van der Waals surface area contributed by atoms with E-state index in [1.54, 1.807) is 0 Å². The Morgan fingerprint density at radius 3 is 2.74 bits per heavy atom. The summed E-state index contributed by atoms with van der Waals surface area (Å²) in [7, 11) is 2.04. The number of para-hydroxylation sites is 2. The van der Waals surface area contributed by atoms with Gasteiger partial charge in [0.05, 0.1) is 11.0 Å². The highest BCUT2D eigenvalue weighted by Crippen LogP contribution is 2.26. The lowest BCUT2D eigenvalue weighted by atomic mass is 9.82. The maximum atomic E-state index is 6.45. The zero-order valence-corrected chi connectivity index (χ0v) is 11.5. The Labute approximate surface area is 114 Å². The highest BCUT2D eigenvalue weighted by atomic mass is 15.2. The first-order valence-electron chi connectivity index (χ1n) is 7.12. The fourth-order valence-corrected chi connectivity index (χ4v) is 2.99. The van der Waals surface area contributed by atoms with Crippen LogP contribution in [0.25, 0.3) is 11.0 Å². The van der Waals surface area contributed by atoms with Crippen molar-refractivity contribution in [2.75, 3.05) is 11.9 Å². The van der Waals surface area contributed by atoms with Crippen LogP contribution in [0.1, 0.15) is 32.1 Å². The van der Waals surface area contributed by atoms with E-state index in [0.717, 1.165) is 36.4 Å². The average Bonchev–Trinajstić information content (AvgIpc) is 2.75. The second-order valence-corrected chi connectivity index (χ2v) is 5.76. The van der Waals surface area contributed by atoms with E-state index in [1.165, 1.54) is 19.3 Å². The summed E-state index contributed by atoms with van der Waals surface area (Å²) in [6, 6.07) is 8.19. The number of nitrogens with two attached hydrogens (primary N) is 1. The summed E-state index contributed by atoms with van der Waals surface area (Å²) in [5, 5.41) is 3.44. The molecular formula is C15H22N4. The van der Waals surface area contributed by atoms with Crippen molar-refractivity contribution in [1.82, 2.24) is 9.55 Å². The predicted octanol–water partition coefficient (Wildman–Crippen LogP) is 2.65. The molecule has 0 aliphatic heterocycles. The molecule has 0 bridgehead atoms. The first-order valence-corrected chi connectivity index (χ1v) is 7.12. The molecule has 4 heteroatoms. The Morgan fingerprint density at radius 1 is 1.26 bits per heavy atom. The van der Waals surface area contributed by atoms with Crippen molar-refractivity contribution in [2.24, 2.45) is 12.8 Å². The summed E-state index contributed by atoms with van der Waals surface area (Å²) in [4.78, 5) is 4.62. The monoisotopic (exact) mass is 258 g/mol. The predicted molar refractivity (Wildman–Crippen MR) is 79.2 cm³/mol. The molecule has 19 heavy (non-hydrogen) atoms. The third-order valence-corrected chi connectivity index (χ3v) is 4.24. The van der Waals surface area contributed by atoms with E-state index in [9.17, 15) is 0 Å². The number of benzene rings is 1. The van der Waals surface area contributed by atoms with Crippen LogP contribution in [-0.4, -0.2) is 21.6 Å². The second kappa shape index (κ2) is 4.85. The van der Waals surface area contributed by atoms with Crippen LogP contribution in [0.2, 0.25) is 0 Å². The molecule has 102 valence electrons. The van der Waals surface area contributed by atoms with E-state index in [0.29, 0.717) is 0 Å². The van der Waals surface area contributed by atoms with Crippen LogP contribution < -0.4 is 11.1 Å². The maximum Gasteiger partial charge on any atom is 0.203 e. The van der Waals surface area contributed by atoms with E-state index in [4.69, 9.17) is 5.73 Å². The number of nitrogens with one attached hydrogen (secondary N) is 1. The van der Waals surface area contributed by atoms with Crippen molar-refractivity contribution < 1.29 is 0 Å². The van der Waals surface area contributed by atoms with Gasteiger partial charge in [0, 0.05) is 19.1 Å². The van der Waals surface area contributed by atoms with Gasteiger partial charge in [0.1, 0.15) is 0 Å². The number of aryl methyl sites for hydroxylation is 1. The lowest BCUT2D eigenvalue weighted by Gasteiger charge is -2.33. The van der Waals surface area contributed by atoms with Gasteiger partial charge in [0.25, 0.3) is 0 Å². The molecule has 0 amide bonds. The third kappa shape index (κ3) is 2.45. The molecule has 1 aliphatic rings. The quantitative estimate of drug-likeness (QED) is 0.890. The van der Waals surface area contributed by atoms with E-state index in [-0.39, 0.29) is 5.54 Å². The van der Waals surface area contributed by atoms with Gasteiger partial charge in [-0.25, -0.2) is 4.98 Å². The number of hydrogen-bond donors (Lipinski definition) is 2. The van der Waals surface area contributed by atoms with Gasteiger partial charge in [0.15, 0.2) is 0 Å². The molecule has 2 aromatic rings. The van der Waals surface area contributed by atoms with Crippen LogP contribution in [0, 0.1) is 0 Å². The standard InChI is InChI=1S/C15H22N4/c1-19-13-8-4-3-7-12(13)18-14(19)17-11-15(16)9-5-2-6-10-15/h3-4,7-8H,2,5-6,9-11,16H2,1H3,(H,17,18). The molecule has 3 rings (SSSR count). The molecule has 1 aliphatic carbocycles. The maximum absolute atomic E-state index is 6.45. The summed E-state index contributed by atoms with van der Waals surface area (Å²) in [6.07, 6.45) is 6.06. The van der Waals surface area contributed by atoms with Crippen molar-refractivity contribution in [3.05, 3.63) is 24.3 Å². The Kier molecular flexibility index (Phi) is 3.19. The van der Waals surface area contributed by atoms with Crippen molar-refractivity contribution >= 4 is 17.0 Å². The zero-order chi connectivity index (χ0) is 13.3. The largest absolute Gasteiger partial charge is 0.354 e. The molecule has 1 aromatic heterocycles. The number of imidazole rings is 1. The Bertz CT molecular complexity index is 567. The zero-order valence-electron chi connectivity index (χ0n) is 11.5. The SMILES string of the molecule is Cn1c(NCC2(N)CCCCC2)nc2ccccc21. The normalized spacial score (nSPS) is 18.6. The Morgan fingerprint density at radius 2 is 2.00 bits per heavy atom. The molecule has 0 atom stereocenters. The molecule has 1 heterocycles. The molecule has 0 spiro atoms. The van der Waals surface area contributed by atoms with Crippen molar-refractivity contribution in [2.45, 2.75) is 37.6 Å². The number of nitrogens with zero attached hydrogens (tertiary/aromatic N) is 2. The topological polar surface area (TPSA) is 55.9 Å². The Balaban J connectivity index is 1.76. The van der Waals surface area contributed by atoms with Gasteiger partial charge < -0.3 is 15.6 Å². The van der Waals surface area contributed by atoms with Crippen molar-refractivity contribution in [1.29, 1.82) is 0 Å². The minimum absolute atomic E-state index is 0.0591. The fourth-order valence-electron chi connectivity index (χ4n) is 2.99. The third-order valence-electron chi connectivity index (χ3n) is 4.24. The highest BCUT2D eigenvalue weighted by molar-refractivity contribution is 5.78. The minimum atomic E-state index is -0.0591. The molecule has 1 fully saturated rings. The van der Waals surface area contributed by atoms with E-state index >= 15 is 0 Å². The van der Waals surface area contributed by atoms with Crippen LogP contribution in [0.3, 0.4) is 0 Å². The average molecular weight is 258 g/mol. The van der Waals surface area contributed by atoms with E-state index in [1.807, 2.05) is 25.2 Å². The molecule has 0 saturated heterocycles. The van der Waals surface area contributed by atoms with E-state index < -0.39 is 0 Å². The number of rotatable bonds is 3. The summed E-state index contributed by atoms with van der Waals surface area (Å²) in [6.45, 7) is 0.810. The van der Waals surface area contributed by atoms with Gasteiger partial charge in [-0.3, -0.25) is 0 Å². The van der Waals surface area contributed by atoms with Crippen molar-refractivity contribution in [3.63, 3.8) is 0 Å². The molecule has 0 unspecified atom stereocenters. The fraction of sp³-hybridized carbons (Fsp3) is 0.533. The van der Waals surface area contributed by atoms with Gasteiger partial charge in [-0.2, -0.15) is 0 Å². The second-order valence-electron chi connectivity index (χ2n) is 5.76. The van der Waals surface area contributed by atoms with Gasteiger partial charge in [-0.05, 0) is 25.0 Å². The van der Waals surface area contributed by atoms with Gasteiger partial charge in [-0.15, -0.1) is 0 Å². The molecule has 0 radical (unpaired) electrons. The summed E-state index contributed by atoms with van der Waals surface area (Å²) in [5.41, 5.74) is 8.57. The van der Waals surface area contributed by atoms with Gasteiger partial charge >= 0.3 is 0 Å². The summed E-state index contributed by atoms with van der Waals surface area (Å²) < 4.78 is 2.10. The van der Waals surface area contributed by atoms with Crippen LogP contribution in [0.4, 0.5) is 5.95 Å². The summed E-state index contributed by atoms with van der Waals surface area (Å²) in [5.74, 6) is 0.914. The lowest BCUT2D eigenvalue weighted by Crippen LogP contribution is -2.47. The van der Waals surface area contributed by atoms with Gasteiger partial charge in [-0.1, -0.05) is 31.4 Å². The van der Waals surface area contributed by atoms with Crippen LogP contribution in [-0.2, 0) is 7.05 Å². The molecule has 4 nitrogen and oxygen atoms in total. The number of fused-ring (bicyclic) bond motifs is 1. The molecular weight excluding hydrogens is 236 g/mol. The minimum Gasteiger partial charge on any atom is -0.354 e. The molecule has 3 N–H and O–H groups in total. The van der Waals surface area contributed by atoms with Crippen molar-refractivity contribution in [3.8, 4) is 0 Å². The van der Waals surface area contributed by atoms with Crippen LogP contribution >= 0.6 is 0 Å². The summed E-state index contributed by atoms with van der Waals surface area (Å²) >= 11 is 0. The van der Waals surface area contributed by atoms with E-state index in [2.05, 4.69) is 20.9 Å². The first-order chi connectivity index (χ1) is 9.18. The first kappa shape index (κ1) is 12.5. The highest BCUT2D eigenvalue weighted by Gasteiger charge is 2.27. The van der Waals surface area contributed by atoms with Gasteiger partial charge in [0.2, 0.25) is 5.95 Å². The number of aromatic nitrogens is 2. The number of anilines is 1. The van der Waals surface area contributed by atoms with Crippen LogP contribution in [0.15, 0.2) is 24.3 Å². The number of hydrogen-bond acceptors (Lipinski definition) is 3. The Hall–Kier alpha value is -1.55. The molecule has 1 aromatic carbocycles. The lowest BCUT2D eigenvalue weighted by molar-refractivity contribution is 0.310. The smallest absolute Gasteiger partial charge is 0.203 e. The van der Waals surface area contributed by atoms with Crippen LogP contribution in [0.5, 0.6) is 0 Å². The molecule has 1 saturated carbocycles.